The second-order valence-electron chi connectivity index (χ2n) is 6.61. The number of fused-ring (bicyclic) bond motifs is 3. The summed E-state index contributed by atoms with van der Waals surface area (Å²) in [5, 5.41) is 1.27. The molecule has 0 N–H and O–H groups in total. The number of ether oxygens (including phenoxy) is 2. The van der Waals surface area contributed by atoms with Gasteiger partial charge >= 0.3 is 5.63 Å². The van der Waals surface area contributed by atoms with Gasteiger partial charge in [-0.15, -0.1) is 0 Å². The van der Waals surface area contributed by atoms with Crippen molar-refractivity contribution < 1.29 is 18.7 Å². The molecule has 1 saturated heterocycles. The number of carbonyl (C=O) groups is 1. The Morgan fingerprint density at radius 3 is 2.65 bits per heavy atom. The molecule has 0 bridgehead atoms. The minimum atomic E-state index is -0.287. The van der Waals surface area contributed by atoms with Gasteiger partial charge in [0, 0.05) is 30.1 Å². The second kappa shape index (κ2) is 7.29. The maximum Gasteiger partial charge on any atom is 0.339 e. The molecule has 4 rings (SSSR count). The number of rotatable bonds is 3. The molecule has 0 radical (unpaired) electrons. The van der Waals surface area contributed by atoms with Gasteiger partial charge in [0.15, 0.2) is 6.61 Å². The van der Waals surface area contributed by atoms with E-state index in [0.717, 1.165) is 42.2 Å². The summed E-state index contributed by atoms with van der Waals surface area (Å²) < 4.78 is 16.3. The van der Waals surface area contributed by atoms with Crippen LogP contribution in [0.4, 0.5) is 0 Å². The van der Waals surface area contributed by atoms with Gasteiger partial charge in [0.25, 0.3) is 5.91 Å². The monoisotopic (exact) mass is 377 g/mol. The van der Waals surface area contributed by atoms with Crippen LogP contribution in [0.2, 0.25) is 5.02 Å². The van der Waals surface area contributed by atoms with Crippen molar-refractivity contribution in [3.05, 3.63) is 38.7 Å². The van der Waals surface area contributed by atoms with Crippen LogP contribution in [0.25, 0.3) is 11.0 Å². The van der Waals surface area contributed by atoms with E-state index in [4.69, 9.17) is 25.5 Å². The number of amides is 1. The van der Waals surface area contributed by atoms with Crippen molar-refractivity contribution in [3.8, 4) is 5.75 Å². The van der Waals surface area contributed by atoms with E-state index >= 15 is 0 Å². The van der Waals surface area contributed by atoms with E-state index in [1.807, 2.05) is 0 Å². The fourth-order valence-electron chi connectivity index (χ4n) is 3.60. The van der Waals surface area contributed by atoms with Crippen molar-refractivity contribution >= 4 is 28.5 Å². The summed E-state index contributed by atoms with van der Waals surface area (Å²) in [7, 11) is 0. The normalized spacial score (nSPS) is 17.2. The minimum Gasteiger partial charge on any atom is -0.482 e. The number of morpholine rings is 1. The minimum absolute atomic E-state index is 0.111. The van der Waals surface area contributed by atoms with E-state index < -0.39 is 0 Å². The average molecular weight is 378 g/mol. The third kappa shape index (κ3) is 3.31. The van der Waals surface area contributed by atoms with E-state index in [1.54, 1.807) is 17.0 Å². The summed E-state index contributed by atoms with van der Waals surface area (Å²) in [5.41, 5.74) is 1.95. The molecule has 6 nitrogen and oxygen atoms in total. The van der Waals surface area contributed by atoms with Gasteiger partial charge in [0.2, 0.25) is 0 Å². The first kappa shape index (κ1) is 17.4. The van der Waals surface area contributed by atoms with Gasteiger partial charge in [0.05, 0.1) is 18.2 Å². The molecule has 2 aromatic rings. The number of halogens is 1. The molecule has 7 heteroatoms. The summed E-state index contributed by atoms with van der Waals surface area (Å²) in [6.45, 7) is 2.10. The molecular weight excluding hydrogens is 358 g/mol. The summed E-state index contributed by atoms with van der Waals surface area (Å²) in [6, 6.07) is 3.39. The quantitative estimate of drug-likeness (QED) is 0.769. The van der Waals surface area contributed by atoms with E-state index in [2.05, 4.69) is 0 Å². The van der Waals surface area contributed by atoms with Crippen LogP contribution in [-0.2, 0) is 22.4 Å². The zero-order chi connectivity index (χ0) is 18.1. The molecule has 0 atom stereocenters. The van der Waals surface area contributed by atoms with Gasteiger partial charge in [-0.25, -0.2) is 4.79 Å². The Morgan fingerprint density at radius 1 is 1.15 bits per heavy atom. The van der Waals surface area contributed by atoms with Crippen LogP contribution in [0.3, 0.4) is 0 Å². The van der Waals surface area contributed by atoms with Gasteiger partial charge in [-0.1, -0.05) is 11.6 Å². The lowest BCUT2D eigenvalue weighted by Crippen LogP contribution is -2.43. The molecule has 138 valence electrons. The number of hydrogen-bond acceptors (Lipinski definition) is 5. The van der Waals surface area contributed by atoms with Crippen LogP contribution in [0.5, 0.6) is 5.75 Å². The van der Waals surface area contributed by atoms with Gasteiger partial charge in [-0.2, -0.15) is 0 Å². The Labute approximate surface area is 155 Å². The van der Waals surface area contributed by atoms with E-state index in [1.165, 1.54) is 0 Å². The highest BCUT2D eigenvalue weighted by Crippen LogP contribution is 2.34. The van der Waals surface area contributed by atoms with Crippen molar-refractivity contribution in [3.63, 3.8) is 0 Å². The maximum absolute atomic E-state index is 12.2. The maximum atomic E-state index is 12.2. The van der Waals surface area contributed by atoms with Crippen LogP contribution in [0, 0.1) is 0 Å². The molecule has 2 aliphatic rings. The predicted molar refractivity (Wildman–Crippen MR) is 97.0 cm³/mol. The summed E-state index contributed by atoms with van der Waals surface area (Å²) in [6.07, 6.45) is 3.65. The van der Waals surface area contributed by atoms with Crippen molar-refractivity contribution in [1.82, 2.24) is 4.90 Å². The molecule has 2 heterocycles. The fourth-order valence-corrected chi connectivity index (χ4v) is 3.82. The van der Waals surface area contributed by atoms with Gasteiger partial charge in [-0.3, -0.25) is 4.79 Å². The Balaban J connectivity index is 1.59. The molecular formula is C19H20ClNO5. The lowest BCUT2D eigenvalue weighted by molar-refractivity contribution is -0.137. The SMILES string of the molecule is O=C(COc1cc2oc(=O)c3c(c2cc1Cl)CCCC3)N1CCOCC1. The molecule has 1 aromatic heterocycles. The number of carbonyl (C=O) groups excluding carboxylic acids is 1. The van der Waals surface area contributed by atoms with Crippen LogP contribution in [0.1, 0.15) is 24.0 Å². The Morgan fingerprint density at radius 2 is 1.88 bits per heavy atom. The second-order valence-corrected chi connectivity index (χ2v) is 7.02. The van der Waals surface area contributed by atoms with Crippen molar-refractivity contribution in [2.45, 2.75) is 25.7 Å². The lowest BCUT2D eigenvalue weighted by Gasteiger charge is -2.26. The summed E-state index contributed by atoms with van der Waals surface area (Å²) >= 11 is 6.37. The molecule has 0 saturated carbocycles. The molecule has 1 aliphatic heterocycles. The fraction of sp³-hybridized carbons (Fsp3) is 0.474. The Hall–Kier alpha value is -2.05. The first-order chi connectivity index (χ1) is 12.6. The molecule has 1 aromatic carbocycles. The van der Waals surface area contributed by atoms with Crippen molar-refractivity contribution in [1.29, 1.82) is 0 Å². The molecule has 1 aliphatic carbocycles. The summed E-state index contributed by atoms with van der Waals surface area (Å²) in [5.74, 6) is 0.232. The van der Waals surface area contributed by atoms with E-state index in [9.17, 15) is 9.59 Å². The number of aryl methyl sites for hydroxylation is 1. The van der Waals surface area contributed by atoms with Crippen LogP contribution < -0.4 is 10.4 Å². The largest absolute Gasteiger partial charge is 0.482 e. The Bertz CT molecular complexity index is 901. The standard InChI is InChI=1S/C19H20ClNO5/c20-15-9-14-12-3-1-2-4-13(12)19(23)26-16(14)10-17(15)25-11-18(22)21-5-7-24-8-6-21/h9-10H,1-8,11H2. The highest BCUT2D eigenvalue weighted by Gasteiger charge is 2.21. The molecule has 26 heavy (non-hydrogen) atoms. The predicted octanol–water partition coefficient (Wildman–Crippen LogP) is 2.56. The molecule has 0 unspecified atom stereocenters. The number of hydrogen-bond donors (Lipinski definition) is 0. The first-order valence-electron chi connectivity index (χ1n) is 8.90. The van der Waals surface area contributed by atoms with Crippen LogP contribution in [-0.4, -0.2) is 43.7 Å². The van der Waals surface area contributed by atoms with E-state index in [-0.39, 0.29) is 18.1 Å². The molecule has 1 fully saturated rings. The van der Waals surface area contributed by atoms with Gasteiger partial charge < -0.3 is 18.8 Å². The van der Waals surface area contributed by atoms with Crippen molar-refractivity contribution in [2.75, 3.05) is 32.9 Å². The van der Waals surface area contributed by atoms with E-state index in [0.29, 0.717) is 42.7 Å². The third-order valence-electron chi connectivity index (χ3n) is 4.99. The van der Waals surface area contributed by atoms with Crippen LogP contribution in [0.15, 0.2) is 21.3 Å². The summed E-state index contributed by atoms with van der Waals surface area (Å²) in [4.78, 5) is 26.2. The van der Waals surface area contributed by atoms with Gasteiger partial charge in [0.1, 0.15) is 11.3 Å². The zero-order valence-corrected chi connectivity index (χ0v) is 15.1. The zero-order valence-electron chi connectivity index (χ0n) is 14.4. The van der Waals surface area contributed by atoms with Crippen molar-refractivity contribution in [2.24, 2.45) is 0 Å². The van der Waals surface area contributed by atoms with Gasteiger partial charge in [-0.05, 0) is 37.3 Å². The lowest BCUT2D eigenvalue weighted by atomic mass is 9.91. The highest BCUT2D eigenvalue weighted by molar-refractivity contribution is 6.32. The topological polar surface area (TPSA) is 69.0 Å². The first-order valence-corrected chi connectivity index (χ1v) is 9.28. The number of benzene rings is 1. The average Bonchev–Trinajstić information content (AvgIpc) is 2.68. The Kier molecular flexibility index (Phi) is 4.87. The molecule has 0 spiro atoms. The smallest absolute Gasteiger partial charge is 0.339 e. The van der Waals surface area contributed by atoms with Crippen LogP contribution >= 0.6 is 11.6 Å². The molecule has 1 amide bonds. The third-order valence-corrected chi connectivity index (χ3v) is 5.29. The highest BCUT2D eigenvalue weighted by atomic mass is 35.5. The number of nitrogens with zero attached hydrogens (tertiary/aromatic N) is 1.